The third-order valence-electron chi connectivity index (χ3n) is 3.56. The van der Waals surface area contributed by atoms with Crippen LogP contribution in [0.4, 0.5) is 17.1 Å². The van der Waals surface area contributed by atoms with Crippen molar-refractivity contribution in [2.24, 2.45) is 4.99 Å². The normalized spacial score (nSPS) is 10.7. The summed E-state index contributed by atoms with van der Waals surface area (Å²) in [7, 11) is 0. The molecule has 0 atom stereocenters. The minimum atomic E-state index is -0.590. The number of nitrogens with one attached hydrogen (secondary N) is 1. The monoisotopic (exact) mass is 370 g/mol. The van der Waals surface area contributed by atoms with E-state index in [1.807, 2.05) is 6.92 Å². The molecule has 0 aromatic heterocycles. The molecule has 2 aromatic rings. The quantitative estimate of drug-likeness (QED) is 0.433. The number of aliphatic imine (C=N–C) groups is 1. The number of nitro groups is 1. The number of rotatable bonds is 8. The number of benzene rings is 2. The van der Waals surface area contributed by atoms with Crippen molar-refractivity contribution in [1.82, 2.24) is 0 Å². The summed E-state index contributed by atoms with van der Waals surface area (Å²) in [6.45, 7) is 3.83. The van der Waals surface area contributed by atoms with Crippen molar-refractivity contribution in [1.29, 1.82) is 0 Å². The minimum Gasteiger partial charge on any atom is -0.870 e. The average molecular weight is 370 g/mol. The zero-order valence-corrected chi connectivity index (χ0v) is 15.1. The second kappa shape index (κ2) is 9.33. The van der Waals surface area contributed by atoms with Crippen molar-refractivity contribution in [2.45, 2.75) is 26.7 Å². The Bertz CT molecular complexity index is 847. The molecular weight excluding hydrogens is 350 g/mol. The van der Waals surface area contributed by atoms with Crippen molar-refractivity contribution in [3.8, 4) is 11.5 Å². The molecule has 2 aromatic carbocycles. The molecule has 0 bridgehead atoms. The van der Waals surface area contributed by atoms with E-state index in [1.165, 1.54) is 6.21 Å². The molecule has 0 unspecified atom stereocenters. The van der Waals surface area contributed by atoms with Crippen LogP contribution in [0.3, 0.4) is 0 Å². The van der Waals surface area contributed by atoms with Gasteiger partial charge in [0, 0.05) is 24.4 Å². The SMILES string of the molecule is CCCC(=O)Nc1ccc(N=Cc2cc([N+](=O)[O-])cc(OCC)c2[O-])cc1. The van der Waals surface area contributed by atoms with Gasteiger partial charge >= 0.3 is 0 Å². The van der Waals surface area contributed by atoms with Crippen LogP contribution in [0, 0.1) is 10.1 Å². The number of carbonyl (C=O) groups excluding carboxylic acids is 1. The predicted octanol–water partition coefficient (Wildman–Crippen LogP) is 3.56. The topological polar surface area (TPSA) is 117 Å². The lowest BCUT2D eigenvalue weighted by atomic mass is 10.1. The Hall–Kier alpha value is -3.42. The highest BCUT2D eigenvalue weighted by Crippen LogP contribution is 2.32. The van der Waals surface area contributed by atoms with Crippen LogP contribution in [0.2, 0.25) is 0 Å². The van der Waals surface area contributed by atoms with Crippen molar-refractivity contribution >= 4 is 29.2 Å². The van der Waals surface area contributed by atoms with Crippen molar-refractivity contribution < 1.29 is 19.6 Å². The van der Waals surface area contributed by atoms with Gasteiger partial charge in [-0.2, -0.15) is 0 Å². The van der Waals surface area contributed by atoms with Gasteiger partial charge in [0.25, 0.3) is 5.69 Å². The van der Waals surface area contributed by atoms with E-state index < -0.39 is 10.7 Å². The Labute approximate surface area is 156 Å². The van der Waals surface area contributed by atoms with Crippen LogP contribution >= 0.6 is 0 Å². The summed E-state index contributed by atoms with van der Waals surface area (Å²) in [5.41, 5.74) is 1.000. The van der Waals surface area contributed by atoms with Crippen molar-refractivity contribution in [3.05, 3.63) is 52.1 Å². The lowest BCUT2D eigenvalue weighted by molar-refractivity contribution is -0.385. The maximum atomic E-state index is 12.3. The zero-order chi connectivity index (χ0) is 19.8. The van der Waals surface area contributed by atoms with E-state index in [9.17, 15) is 20.0 Å². The van der Waals surface area contributed by atoms with Crippen LogP contribution in [0.25, 0.3) is 0 Å². The molecular formula is C19H20N3O5-. The Morgan fingerprint density at radius 1 is 1.26 bits per heavy atom. The Morgan fingerprint density at radius 3 is 2.56 bits per heavy atom. The molecule has 0 saturated heterocycles. The number of hydrogen-bond acceptors (Lipinski definition) is 6. The number of non-ortho nitro benzene ring substituents is 1. The molecule has 27 heavy (non-hydrogen) atoms. The van der Waals surface area contributed by atoms with Crippen molar-refractivity contribution in [2.75, 3.05) is 11.9 Å². The molecule has 2 rings (SSSR count). The van der Waals surface area contributed by atoms with Crippen molar-refractivity contribution in [3.63, 3.8) is 0 Å². The van der Waals surface area contributed by atoms with E-state index in [1.54, 1.807) is 31.2 Å². The van der Waals surface area contributed by atoms with Crippen LogP contribution in [-0.4, -0.2) is 23.7 Å². The maximum Gasteiger partial charge on any atom is 0.273 e. The van der Waals surface area contributed by atoms with Gasteiger partial charge in [0.1, 0.15) is 5.75 Å². The highest BCUT2D eigenvalue weighted by Gasteiger charge is 2.11. The zero-order valence-electron chi connectivity index (χ0n) is 15.1. The van der Waals surface area contributed by atoms with Gasteiger partial charge < -0.3 is 15.2 Å². The molecule has 8 heteroatoms. The van der Waals surface area contributed by atoms with Gasteiger partial charge in [-0.1, -0.05) is 12.7 Å². The third kappa shape index (κ3) is 5.53. The van der Waals surface area contributed by atoms with E-state index in [-0.39, 0.29) is 29.5 Å². The molecule has 0 aliphatic rings. The average Bonchev–Trinajstić information content (AvgIpc) is 2.63. The Kier molecular flexibility index (Phi) is 6.87. The van der Waals surface area contributed by atoms with Gasteiger partial charge in [0.05, 0.1) is 23.3 Å². The molecule has 142 valence electrons. The first-order chi connectivity index (χ1) is 12.9. The lowest BCUT2D eigenvalue weighted by Crippen LogP contribution is -2.10. The standard InChI is InChI=1S/C19H21N3O5/c1-3-5-18(23)21-15-8-6-14(7-9-15)20-12-13-10-16(22(25)26)11-17(19(13)24)27-4-2/h6-12,24H,3-5H2,1-2H3,(H,21,23)/p-1. The van der Waals surface area contributed by atoms with Gasteiger partial charge in [0.2, 0.25) is 5.91 Å². The summed E-state index contributed by atoms with van der Waals surface area (Å²) in [5, 5.41) is 26.1. The minimum absolute atomic E-state index is 0.0629. The van der Waals surface area contributed by atoms with E-state index in [2.05, 4.69) is 10.3 Å². The smallest absolute Gasteiger partial charge is 0.273 e. The summed E-state index contributed by atoms with van der Waals surface area (Å²) in [6, 6.07) is 8.99. The largest absolute Gasteiger partial charge is 0.870 e. The molecule has 0 aliphatic carbocycles. The maximum absolute atomic E-state index is 12.3. The van der Waals surface area contributed by atoms with Crippen LogP contribution in [0.15, 0.2) is 41.4 Å². The number of nitrogens with zero attached hydrogens (tertiary/aromatic N) is 2. The highest BCUT2D eigenvalue weighted by molar-refractivity contribution is 5.91. The number of nitro benzene ring substituents is 1. The molecule has 0 heterocycles. The first kappa shape index (κ1) is 19.9. The molecule has 1 amide bonds. The molecule has 0 fully saturated rings. The summed E-state index contributed by atoms with van der Waals surface area (Å²) in [6.07, 6.45) is 2.47. The summed E-state index contributed by atoms with van der Waals surface area (Å²) < 4.78 is 5.17. The first-order valence-corrected chi connectivity index (χ1v) is 8.50. The number of amides is 1. The summed E-state index contributed by atoms with van der Waals surface area (Å²) in [4.78, 5) is 26.2. The van der Waals surface area contributed by atoms with Gasteiger partial charge in [-0.25, -0.2) is 0 Å². The Morgan fingerprint density at radius 2 is 1.96 bits per heavy atom. The lowest BCUT2D eigenvalue weighted by Gasteiger charge is -2.16. The highest BCUT2D eigenvalue weighted by atomic mass is 16.6. The number of ether oxygens (including phenoxy) is 1. The second-order valence-electron chi connectivity index (χ2n) is 5.66. The molecule has 0 spiro atoms. The first-order valence-electron chi connectivity index (χ1n) is 8.50. The molecule has 1 N–H and O–H groups in total. The third-order valence-corrected chi connectivity index (χ3v) is 3.56. The number of carbonyl (C=O) groups is 1. The van der Waals surface area contributed by atoms with E-state index in [0.717, 1.165) is 18.6 Å². The fraction of sp³-hybridized carbons (Fsp3) is 0.263. The van der Waals surface area contributed by atoms with E-state index in [4.69, 9.17) is 4.74 Å². The summed E-state index contributed by atoms with van der Waals surface area (Å²) >= 11 is 0. The van der Waals surface area contributed by atoms with Gasteiger partial charge in [-0.05, 0) is 43.2 Å². The van der Waals surface area contributed by atoms with E-state index in [0.29, 0.717) is 17.8 Å². The van der Waals surface area contributed by atoms with Crippen LogP contribution in [-0.2, 0) is 4.79 Å². The predicted molar refractivity (Wildman–Crippen MR) is 101 cm³/mol. The van der Waals surface area contributed by atoms with Gasteiger partial charge in [0.15, 0.2) is 0 Å². The van der Waals surface area contributed by atoms with Crippen LogP contribution < -0.4 is 15.2 Å². The molecule has 0 aliphatic heterocycles. The molecule has 8 nitrogen and oxygen atoms in total. The fourth-order valence-corrected chi connectivity index (χ4v) is 2.30. The summed E-state index contributed by atoms with van der Waals surface area (Å²) in [5.74, 6) is -0.610. The van der Waals surface area contributed by atoms with Gasteiger partial charge in [-0.15, -0.1) is 0 Å². The second-order valence-corrected chi connectivity index (χ2v) is 5.66. The molecule has 0 saturated carbocycles. The van der Waals surface area contributed by atoms with Crippen LogP contribution in [0.1, 0.15) is 32.3 Å². The molecule has 0 radical (unpaired) electrons. The number of anilines is 1. The fourth-order valence-electron chi connectivity index (χ4n) is 2.30. The Balaban J connectivity index is 2.21. The van der Waals surface area contributed by atoms with Crippen LogP contribution in [0.5, 0.6) is 11.5 Å². The number of hydrogen-bond donors (Lipinski definition) is 1. The van der Waals surface area contributed by atoms with E-state index >= 15 is 0 Å². The van der Waals surface area contributed by atoms with Gasteiger partial charge in [-0.3, -0.25) is 19.9 Å².